The molecular formula is C32H29F2N5O4S. The third kappa shape index (κ3) is 5.47. The summed E-state index contributed by atoms with van der Waals surface area (Å²) in [6, 6.07) is 7.11. The number of halogens is 2. The smallest absolute Gasteiger partial charge is 0.243 e. The predicted molar refractivity (Wildman–Crippen MR) is 163 cm³/mol. The Bertz CT molecular complexity index is 1890. The predicted octanol–water partition coefficient (Wildman–Crippen LogP) is 6.06. The minimum atomic E-state index is -0.821. The third-order valence-electron chi connectivity index (χ3n) is 7.55. The average Bonchev–Trinajstić information content (AvgIpc) is 3.77. The molecule has 5 aromatic rings. The van der Waals surface area contributed by atoms with Gasteiger partial charge in [-0.05, 0) is 55.0 Å². The lowest BCUT2D eigenvalue weighted by molar-refractivity contribution is -0.117. The minimum absolute atomic E-state index is 0.000564. The number of methoxy groups -OCH3 is 1. The number of pyridine rings is 2. The monoisotopic (exact) mass is 617 g/mol. The second-order valence-corrected chi connectivity index (χ2v) is 11.3. The zero-order chi connectivity index (χ0) is 31.0. The molecule has 0 aliphatic heterocycles. The number of ether oxygens (including phenoxy) is 2. The SMILES string of the molecule is C=CC(=O)N[C@H](C)c1cc(-c2nc(-c3cnc4c(c3)CC[C@@H]4O)c3ccsc3c2-c2c(F)cc(F)cc2OCCOC)n[nH]1. The van der Waals surface area contributed by atoms with Crippen LogP contribution < -0.4 is 10.1 Å². The molecule has 1 amide bonds. The van der Waals surface area contributed by atoms with Gasteiger partial charge in [-0.1, -0.05) is 6.58 Å². The number of aromatic nitrogens is 4. The molecule has 12 heteroatoms. The molecule has 4 heterocycles. The summed E-state index contributed by atoms with van der Waals surface area (Å²) in [6.45, 7) is 5.57. The van der Waals surface area contributed by atoms with Gasteiger partial charge in [0.2, 0.25) is 5.91 Å². The molecular weight excluding hydrogens is 588 g/mol. The van der Waals surface area contributed by atoms with Crippen LogP contribution in [0.25, 0.3) is 43.9 Å². The number of aliphatic hydroxyl groups is 1. The van der Waals surface area contributed by atoms with Crippen molar-refractivity contribution in [3.05, 3.63) is 83.1 Å². The van der Waals surface area contributed by atoms with Crippen molar-refractivity contribution < 1.29 is 28.2 Å². The highest BCUT2D eigenvalue weighted by molar-refractivity contribution is 7.18. The largest absolute Gasteiger partial charge is 0.490 e. The van der Waals surface area contributed by atoms with Crippen LogP contribution in [-0.4, -0.2) is 51.5 Å². The maximum absolute atomic E-state index is 15.9. The van der Waals surface area contributed by atoms with E-state index in [-0.39, 0.29) is 30.4 Å². The number of fused-ring (bicyclic) bond motifs is 2. The van der Waals surface area contributed by atoms with Gasteiger partial charge in [-0.3, -0.25) is 14.9 Å². The van der Waals surface area contributed by atoms with Crippen LogP contribution in [0.1, 0.15) is 42.4 Å². The quantitative estimate of drug-likeness (QED) is 0.129. The Balaban J connectivity index is 1.60. The number of aryl methyl sites for hydroxylation is 1. The van der Waals surface area contributed by atoms with Crippen molar-refractivity contribution in [2.24, 2.45) is 0 Å². The summed E-state index contributed by atoms with van der Waals surface area (Å²) in [5, 5.41) is 23.2. The van der Waals surface area contributed by atoms with Crippen molar-refractivity contribution in [1.82, 2.24) is 25.5 Å². The van der Waals surface area contributed by atoms with E-state index in [9.17, 15) is 14.3 Å². The maximum Gasteiger partial charge on any atom is 0.243 e. The number of hydrogen-bond donors (Lipinski definition) is 3. The van der Waals surface area contributed by atoms with Crippen molar-refractivity contribution >= 4 is 27.3 Å². The standard InChI is InChI=1S/C32H29F2N5O4S/c1-4-26(41)36-16(2)22-14-23(39-38-22)31-28(27-21(34)12-19(33)13-25(27)43-9-8-42-3)32-20(7-10-44-32)29(37-31)18-11-17-5-6-24(40)30(17)35-15-18/h4,7,10-16,24,40H,1,5-6,8-9H2,2-3H3,(H,36,41)(H,38,39)/t16-,24+/m1/s1. The van der Waals surface area contributed by atoms with Crippen LogP contribution >= 0.6 is 11.3 Å². The van der Waals surface area contributed by atoms with Crippen molar-refractivity contribution in [3.8, 4) is 39.5 Å². The lowest BCUT2D eigenvalue weighted by Crippen LogP contribution is -2.24. The summed E-state index contributed by atoms with van der Waals surface area (Å²) in [5.74, 6) is -1.96. The normalized spacial score (nSPS) is 14.9. The summed E-state index contributed by atoms with van der Waals surface area (Å²) >= 11 is 1.38. The molecule has 44 heavy (non-hydrogen) atoms. The molecule has 2 atom stereocenters. The van der Waals surface area contributed by atoms with Gasteiger partial charge >= 0.3 is 0 Å². The van der Waals surface area contributed by atoms with Crippen molar-refractivity contribution in [2.45, 2.75) is 31.9 Å². The number of benzene rings is 1. The molecule has 9 nitrogen and oxygen atoms in total. The van der Waals surface area contributed by atoms with Gasteiger partial charge in [-0.25, -0.2) is 13.8 Å². The first-order valence-corrected chi connectivity index (χ1v) is 14.8. The average molecular weight is 618 g/mol. The van der Waals surface area contributed by atoms with E-state index in [2.05, 4.69) is 27.1 Å². The van der Waals surface area contributed by atoms with Crippen LogP contribution in [0, 0.1) is 11.6 Å². The van der Waals surface area contributed by atoms with Crippen LogP contribution in [-0.2, 0) is 16.0 Å². The number of carbonyl (C=O) groups is 1. The van der Waals surface area contributed by atoms with Gasteiger partial charge < -0.3 is 19.9 Å². The number of amides is 1. The van der Waals surface area contributed by atoms with Crippen LogP contribution in [0.15, 0.2) is 54.6 Å². The molecule has 4 aromatic heterocycles. The minimum Gasteiger partial charge on any atom is -0.490 e. The zero-order valence-electron chi connectivity index (χ0n) is 24.0. The molecule has 1 aliphatic rings. The highest BCUT2D eigenvalue weighted by atomic mass is 32.1. The topological polar surface area (TPSA) is 122 Å². The van der Waals surface area contributed by atoms with Gasteiger partial charge in [-0.15, -0.1) is 11.3 Å². The Morgan fingerprint density at radius 1 is 1.25 bits per heavy atom. The second kappa shape index (κ2) is 12.2. The van der Waals surface area contributed by atoms with E-state index in [0.29, 0.717) is 51.6 Å². The first kappa shape index (κ1) is 29.5. The van der Waals surface area contributed by atoms with Crippen molar-refractivity contribution in [2.75, 3.05) is 20.3 Å². The fourth-order valence-corrected chi connectivity index (χ4v) is 6.36. The highest BCUT2D eigenvalue weighted by Crippen LogP contribution is 2.47. The second-order valence-electron chi connectivity index (χ2n) is 10.4. The number of thiophene rings is 1. The molecule has 1 aliphatic carbocycles. The molecule has 226 valence electrons. The van der Waals surface area contributed by atoms with Crippen molar-refractivity contribution in [1.29, 1.82) is 0 Å². The summed E-state index contributed by atoms with van der Waals surface area (Å²) in [7, 11) is 1.51. The van der Waals surface area contributed by atoms with Gasteiger partial charge in [0, 0.05) is 46.7 Å². The molecule has 1 aromatic carbocycles. The van der Waals surface area contributed by atoms with Gasteiger partial charge in [0.05, 0.1) is 41.4 Å². The Morgan fingerprint density at radius 3 is 2.89 bits per heavy atom. The third-order valence-corrected chi connectivity index (χ3v) is 8.48. The van der Waals surface area contributed by atoms with E-state index < -0.39 is 23.8 Å². The van der Waals surface area contributed by atoms with Gasteiger partial charge in [0.1, 0.15) is 35.4 Å². The fourth-order valence-electron chi connectivity index (χ4n) is 5.41. The van der Waals surface area contributed by atoms with Crippen LogP contribution in [0.4, 0.5) is 8.78 Å². The number of carbonyl (C=O) groups excluding carboxylic acids is 1. The van der Waals surface area contributed by atoms with Crippen LogP contribution in [0.2, 0.25) is 0 Å². The number of aliphatic hydroxyl groups excluding tert-OH is 1. The zero-order valence-corrected chi connectivity index (χ0v) is 24.8. The molecule has 0 radical (unpaired) electrons. The Morgan fingerprint density at radius 2 is 2.09 bits per heavy atom. The fraction of sp³-hybridized carbons (Fsp3) is 0.250. The first-order valence-electron chi connectivity index (χ1n) is 14.0. The summed E-state index contributed by atoms with van der Waals surface area (Å²) in [6.07, 6.45) is 3.54. The Kier molecular flexibility index (Phi) is 8.21. The van der Waals surface area contributed by atoms with Gasteiger partial charge in [-0.2, -0.15) is 5.10 Å². The van der Waals surface area contributed by atoms with Crippen LogP contribution in [0.3, 0.4) is 0 Å². The number of H-pyrrole nitrogens is 1. The van der Waals surface area contributed by atoms with Gasteiger partial charge in [0.15, 0.2) is 0 Å². The first-order chi connectivity index (χ1) is 21.3. The Hall–Kier alpha value is -4.52. The van der Waals surface area contributed by atoms with Gasteiger partial charge in [0.25, 0.3) is 0 Å². The molecule has 0 unspecified atom stereocenters. The van der Waals surface area contributed by atoms with E-state index in [1.807, 2.05) is 17.5 Å². The van der Waals surface area contributed by atoms with Crippen molar-refractivity contribution in [3.63, 3.8) is 0 Å². The molecule has 0 saturated carbocycles. The van der Waals surface area contributed by atoms with E-state index in [1.54, 1.807) is 19.2 Å². The lowest BCUT2D eigenvalue weighted by atomic mass is 9.96. The van der Waals surface area contributed by atoms with E-state index in [4.69, 9.17) is 14.5 Å². The van der Waals surface area contributed by atoms with Crippen LogP contribution in [0.5, 0.6) is 5.75 Å². The molecule has 0 saturated heterocycles. The highest BCUT2D eigenvalue weighted by Gasteiger charge is 2.28. The van der Waals surface area contributed by atoms with E-state index in [1.165, 1.54) is 24.5 Å². The number of hydrogen-bond acceptors (Lipinski definition) is 8. The Labute approximate surface area is 255 Å². The lowest BCUT2D eigenvalue weighted by Gasteiger charge is -2.17. The molecule has 0 fully saturated rings. The molecule has 0 bridgehead atoms. The molecule has 6 rings (SSSR count). The molecule has 0 spiro atoms. The number of nitrogens with zero attached hydrogens (tertiary/aromatic N) is 3. The molecule has 3 N–H and O–H groups in total. The number of nitrogens with one attached hydrogen (secondary N) is 2. The van der Waals surface area contributed by atoms with E-state index in [0.717, 1.165) is 28.6 Å². The summed E-state index contributed by atoms with van der Waals surface area (Å²) < 4.78 is 42.0. The number of rotatable bonds is 10. The summed E-state index contributed by atoms with van der Waals surface area (Å²) in [5.41, 5.74) is 4.63. The number of aromatic amines is 1. The van der Waals surface area contributed by atoms with E-state index >= 15 is 4.39 Å². The maximum atomic E-state index is 15.9. The summed E-state index contributed by atoms with van der Waals surface area (Å²) in [4.78, 5) is 21.6.